The lowest BCUT2D eigenvalue weighted by atomic mass is 9.84. The van der Waals surface area contributed by atoms with Gasteiger partial charge in [-0.3, -0.25) is 0 Å². The molecule has 2 N–H and O–H groups in total. The molecule has 7 heteroatoms. The molecule has 1 aliphatic rings. The van der Waals surface area contributed by atoms with E-state index in [4.69, 9.17) is 14.2 Å². The Bertz CT molecular complexity index is 888. The second kappa shape index (κ2) is 8.45. The van der Waals surface area contributed by atoms with Crippen LogP contribution in [0.2, 0.25) is 0 Å². The minimum absolute atomic E-state index is 0.248. The second-order valence-corrected chi connectivity index (χ2v) is 8.19. The van der Waals surface area contributed by atoms with Gasteiger partial charge in [-0.1, -0.05) is 61.4 Å². The van der Waals surface area contributed by atoms with Crippen molar-refractivity contribution in [3.8, 4) is 5.75 Å². The number of carbonyl (C=O) groups is 2. The number of hydrogen-bond donors (Lipinski definition) is 2. The van der Waals surface area contributed by atoms with Crippen molar-refractivity contribution in [3.63, 3.8) is 0 Å². The van der Waals surface area contributed by atoms with Crippen LogP contribution in [-0.4, -0.2) is 42.2 Å². The maximum absolute atomic E-state index is 11.7. The summed E-state index contributed by atoms with van der Waals surface area (Å²) in [5, 5.41) is 13.7. The summed E-state index contributed by atoms with van der Waals surface area (Å²) in [6.45, 7) is 7.95. The highest BCUT2D eigenvalue weighted by atomic mass is 16.8. The van der Waals surface area contributed by atoms with Gasteiger partial charge < -0.3 is 19.3 Å². The highest BCUT2D eigenvalue weighted by Crippen LogP contribution is 2.28. The molecule has 1 atom stereocenters. The number of aliphatic hydroxyl groups is 1. The van der Waals surface area contributed by atoms with E-state index in [9.17, 15) is 14.7 Å². The molecule has 7 nitrogen and oxygen atoms in total. The van der Waals surface area contributed by atoms with Gasteiger partial charge in [0.05, 0.1) is 0 Å². The Morgan fingerprint density at radius 2 is 1.47 bits per heavy atom. The van der Waals surface area contributed by atoms with Crippen molar-refractivity contribution in [1.82, 2.24) is 5.32 Å². The van der Waals surface area contributed by atoms with Gasteiger partial charge in [0.15, 0.2) is 6.10 Å². The molecule has 1 heterocycles. The number of cyclic esters (lactones) is 2. The van der Waals surface area contributed by atoms with Gasteiger partial charge in [0.1, 0.15) is 12.4 Å². The van der Waals surface area contributed by atoms with Gasteiger partial charge in [-0.25, -0.2) is 14.9 Å². The van der Waals surface area contributed by atoms with Crippen LogP contribution in [0.15, 0.2) is 48.5 Å². The quantitative estimate of drug-likeness (QED) is 0.507. The molecule has 2 aromatic rings. The Morgan fingerprint density at radius 3 is 2.00 bits per heavy atom. The summed E-state index contributed by atoms with van der Waals surface area (Å²) in [5.41, 5.74) is 2.84. The summed E-state index contributed by atoms with van der Waals surface area (Å²) in [4.78, 5) is 23.5. The van der Waals surface area contributed by atoms with Crippen LogP contribution < -0.4 is 10.1 Å². The zero-order valence-electron chi connectivity index (χ0n) is 17.6. The number of esters is 2. The first-order valence-corrected chi connectivity index (χ1v) is 9.77. The molecule has 0 aliphatic carbocycles. The van der Waals surface area contributed by atoms with Gasteiger partial charge in [-0.15, -0.1) is 0 Å². The number of hydrogen-bond acceptors (Lipinski definition) is 7. The van der Waals surface area contributed by atoms with Crippen molar-refractivity contribution in [3.05, 3.63) is 65.2 Å². The summed E-state index contributed by atoms with van der Waals surface area (Å²) in [7, 11) is 0. The number of ether oxygens (including phenoxy) is 3. The summed E-state index contributed by atoms with van der Waals surface area (Å²) in [5.74, 6) is -3.80. The van der Waals surface area contributed by atoms with Gasteiger partial charge in [0.25, 0.3) is 0 Å². The lowest BCUT2D eigenvalue weighted by Crippen LogP contribution is -2.60. The standard InChI is InChI=1S/C23H27NO6/c1-15-5-9-17(10-6-15)22(3,4)14-24-23(29-20(26)21(27)30-23)19(25)13-28-18-11-7-16(2)8-12-18/h5-12,19,24-25H,13-14H2,1-4H3. The maximum atomic E-state index is 11.7. The number of aliphatic hydroxyl groups excluding tert-OH is 1. The fourth-order valence-electron chi connectivity index (χ4n) is 3.08. The molecular formula is C23H27NO6. The van der Waals surface area contributed by atoms with Crippen molar-refractivity contribution >= 4 is 11.9 Å². The molecule has 160 valence electrons. The molecular weight excluding hydrogens is 386 g/mol. The molecule has 0 bridgehead atoms. The molecule has 2 aromatic carbocycles. The molecule has 1 aliphatic heterocycles. The predicted octanol–water partition coefficient (Wildman–Crippen LogP) is 2.36. The maximum Gasteiger partial charge on any atom is 0.422 e. The molecule has 30 heavy (non-hydrogen) atoms. The first-order valence-electron chi connectivity index (χ1n) is 9.77. The Hall–Kier alpha value is -2.90. The van der Waals surface area contributed by atoms with Crippen LogP contribution in [-0.2, 0) is 24.5 Å². The van der Waals surface area contributed by atoms with E-state index in [-0.39, 0.29) is 13.2 Å². The van der Waals surface area contributed by atoms with Gasteiger partial charge in [-0.05, 0) is 31.5 Å². The Labute approximate surface area is 176 Å². The van der Waals surface area contributed by atoms with E-state index in [1.165, 1.54) is 0 Å². The molecule has 1 unspecified atom stereocenters. The van der Waals surface area contributed by atoms with Crippen LogP contribution in [0.5, 0.6) is 5.75 Å². The smallest absolute Gasteiger partial charge is 0.422 e. The van der Waals surface area contributed by atoms with E-state index < -0.39 is 29.4 Å². The van der Waals surface area contributed by atoms with E-state index in [1.54, 1.807) is 12.1 Å². The number of carbonyl (C=O) groups excluding carboxylic acids is 2. The summed E-state index contributed by atoms with van der Waals surface area (Å²) in [6, 6.07) is 15.3. The summed E-state index contributed by atoms with van der Waals surface area (Å²) in [6.07, 6.45) is -1.44. The van der Waals surface area contributed by atoms with Crippen molar-refractivity contribution in [2.24, 2.45) is 0 Å². The van der Waals surface area contributed by atoms with Crippen molar-refractivity contribution in [2.75, 3.05) is 13.2 Å². The van der Waals surface area contributed by atoms with Crippen molar-refractivity contribution in [2.45, 2.75) is 45.1 Å². The largest absolute Gasteiger partial charge is 0.491 e. The molecule has 3 rings (SSSR count). The van der Waals surface area contributed by atoms with Crippen LogP contribution >= 0.6 is 0 Å². The first kappa shape index (κ1) is 21.8. The summed E-state index contributed by atoms with van der Waals surface area (Å²) >= 11 is 0. The topological polar surface area (TPSA) is 94.1 Å². The first-order chi connectivity index (χ1) is 14.1. The lowest BCUT2D eigenvalue weighted by Gasteiger charge is -2.35. The van der Waals surface area contributed by atoms with Crippen LogP contribution in [0.1, 0.15) is 30.5 Å². The van der Waals surface area contributed by atoms with Crippen LogP contribution in [0.3, 0.4) is 0 Å². The fraction of sp³-hybridized carbons (Fsp3) is 0.391. The Morgan fingerprint density at radius 1 is 0.967 bits per heavy atom. The second-order valence-electron chi connectivity index (χ2n) is 8.19. The third-order valence-electron chi connectivity index (χ3n) is 5.13. The zero-order chi connectivity index (χ0) is 21.9. The van der Waals surface area contributed by atoms with E-state index in [0.717, 1.165) is 16.7 Å². The molecule has 1 fully saturated rings. The number of rotatable bonds is 8. The third-order valence-corrected chi connectivity index (χ3v) is 5.13. The van der Waals surface area contributed by atoms with E-state index in [1.807, 2.05) is 64.1 Å². The van der Waals surface area contributed by atoms with Crippen LogP contribution in [0, 0.1) is 13.8 Å². The molecule has 0 radical (unpaired) electrons. The highest BCUT2D eigenvalue weighted by Gasteiger charge is 2.55. The van der Waals surface area contributed by atoms with Crippen LogP contribution in [0.25, 0.3) is 0 Å². The minimum Gasteiger partial charge on any atom is -0.491 e. The SMILES string of the molecule is Cc1ccc(OCC(O)C2(NCC(C)(C)c3ccc(C)cc3)OC(=O)C(=O)O2)cc1. The van der Waals surface area contributed by atoms with Gasteiger partial charge >= 0.3 is 17.8 Å². The monoisotopic (exact) mass is 413 g/mol. The minimum atomic E-state index is -2.01. The van der Waals surface area contributed by atoms with E-state index in [0.29, 0.717) is 5.75 Å². The summed E-state index contributed by atoms with van der Waals surface area (Å²) < 4.78 is 15.8. The third kappa shape index (κ3) is 4.80. The van der Waals surface area contributed by atoms with E-state index >= 15 is 0 Å². The van der Waals surface area contributed by atoms with Gasteiger partial charge in [-0.2, -0.15) is 0 Å². The molecule has 0 aromatic heterocycles. The molecule has 0 spiro atoms. The van der Waals surface area contributed by atoms with Crippen molar-refractivity contribution in [1.29, 1.82) is 0 Å². The average Bonchev–Trinajstić information content (AvgIpc) is 3.01. The van der Waals surface area contributed by atoms with Crippen LogP contribution in [0.4, 0.5) is 0 Å². The van der Waals surface area contributed by atoms with Crippen molar-refractivity contribution < 1.29 is 28.9 Å². The van der Waals surface area contributed by atoms with E-state index in [2.05, 4.69) is 5.32 Å². The number of benzene rings is 2. The molecule has 0 amide bonds. The molecule has 0 saturated carbocycles. The lowest BCUT2D eigenvalue weighted by molar-refractivity contribution is -0.241. The number of nitrogens with one attached hydrogen (secondary N) is 1. The average molecular weight is 413 g/mol. The van der Waals surface area contributed by atoms with Gasteiger partial charge in [0.2, 0.25) is 0 Å². The highest BCUT2D eigenvalue weighted by molar-refractivity contribution is 6.31. The van der Waals surface area contributed by atoms with Gasteiger partial charge in [0, 0.05) is 12.0 Å². The molecule has 1 saturated heterocycles. The Balaban J connectivity index is 1.73. The predicted molar refractivity (Wildman–Crippen MR) is 110 cm³/mol. The normalized spacial score (nSPS) is 16.7. The zero-order valence-corrected chi connectivity index (χ0v) is 17.6. The fourth-order valence-corrected chi connectivity index (χ4v) is 3.08. The number of aryl methyl sites for hydroxylation is 2. The Kier molecular flexibility index (Phi) is 6.14.